The fourth-order valence-electron chi connectivity index (χ4n) is 4.48. The summed E-state index contributed by atoms with van der Waals surface area (Å²) in [7, 11) is 0. The molecule has 7 heteroatoms. The van der Waals surface area contributed by atoms with Crippen LogP contribution in [-0.4, -0.2) is 26.8 Å². The molecule has 6 nitrogen and oxygen atoms in total. The lowest BCUT2D eigenvalue weighted by Gasteiger charge is -2.21. The number of aromatic nitrogens is 2. The van der Waals surface area contributed by atoms with E-state index >= 15 is 0 Å². The number of anilines is 1. The average Bonchev–Trinajstić information content (AvgIpc) is 3.55. The van der Waals surface area contributed by atoms with Gasteiger partial charge in [0.2, 0.25) is 5.91 Å². The quantitative estimate of drug-likeness (QED) is 0.302. The zero-order chi connectivity index (χ0) is 25.3. The Bertz CT molecular complexity index is 1260. The molecule has 1 aliphatic rings. The molecule has 186 valence electrons. The molecule has 0 bridgehead atoms. The maximum absolute atomic E-state index is 12.9. The smallest absolute Gasteiger partial charge is 0.345 e. The van der Waals surface area contributed by atoms with Gasteiger partial charge < -0.3 is 10.4 Å². The molecule has 2 aromatic heterocycles. The van der Waals surface area contributed by atoms with Gasteiger partial charge in [0.1, 0.15) is 4.88 Å². The maximum Gasteiger partial charge on any atom is 0.345 e. The first kappa shape index (κ1) is 25.4. The van der Waals surface area contributed by atoms with Crippen molar-refractivity contribution < 1.29 is 14.7 Å². The average molecular weight is 502 g/mol. The molecule has 4 aromatic rings. The van der Waals surface area contributed by atoms with Crippen LogP contribution in [0, 0.1) is 12.8 Å². The van der Waals surface area contributed by atoms with E-state index in [1.54, 1.807) is 17.5 Å². The lowest BCUT2D eigenvalue weighted by Crippen LogP contribution is -2.25. The Labute approximate surface area is 215 Å². The number of hydrogen-bond donors (Lipinski definition) is 2. The Morgan fingerprint density at radius 1 is 0.972 bits per heavy atom. The number of rotatable bonds is 6. The topological polar surface area (TPSA) is 84.2 Å². The van der Waals surface area contributed by atoms with Crippen molar-refractivity contribution in [2.24, 2.45) is 5.92 Å². The van der Waals surface area contributed by atoms with Crippen molar-refractivity contribution in [3.05, 3.63) is 94.3 Å². The molecule has 1 fully saturated rings. The van der Waals surface area contributed by atoms with Crippen LogP contribution in [0.5, 0.6) is 0 Å². The highest BCUT2D eigenvalue weighted by Gasteiger charge is 2.25. The number of benzene rings is 2. The predicted molar refractivity (Wildman–Crippen MR) is 144 cm³/mol. The van der Waals surface area contributed by atoms with Crippen LogP contribution in [0.15, 0.2) is 78.2 Å². The zero-order valence-corrected chi connectivity index (χ0v) is 21.2. The molecule has 1 aliphatic carbocycles. The summed E-state index contributed by atoms with van der Waals surface area (Å²) < 4.78 is 2.01. The number of nitrogens with one attached hydrogen (secondary N) is 1. The van der Waals surface area contributed by atoms with E-state index in [1.165, 1.54) is 23.3 Å². The van der Waals surface area contributed by atoms with Crippen LogP contribution in [0.25, 0.3) is 11.3 Å². The molecule has 2 aromatic carbocycles. The third-order valence-corrected chi connectivity index (χ3v) is 7.16. The molecule has 36 heavy (non-hydrogen) atoms. The first-order valence-corrected chi connectivity index (χ1v) is 13.2. The number of aromatic carboxylic acids is 1. The Morgan fingerprint density at radius 2 is 1.64 bits per heavy atom. The minimum Gasteiger partial charge on any atom is -0.477 e. The summed E-state index contributed by atoms with van der Waals surface area (Å²) in [6.45, 7) is 2.65. The van der Waals surface area contributed by atoms with E-state index in [9.17, 15) is 9.59 Å². The van der Waals surface area contributed by atoms with Gasteiger partial charge in [0, 0.05) is 11.5 Å². The van der Waals surface area contributed by atoms with Crippen LogP contribution in [0.2, 0.25) is 0 Å². The summed E-state index contributed by atoms with van der Waals surface area (Å²) in [6, 6.07) is 23.8. The second kappa shape index (κ2) is 12.3. The highest BCUT2D eigenvalue weighted by Crippen LogP contribution is 2.33. The molecular weight excluding hydrogens is 470 g/mol. The Morgan fingerprint density at radius 3 is 2.22 bits per heavy atom. The van der Waals surface area contributed by atoms with Crippen LogP contribution in [0.1, 0.15) is 53.0 Å². The summed E-state index contributed by atoms with van der Waals surface area (Å²) in [4.78, 5) is 23.4. The van der Waals surface area contributed by atoms with Crippen molar-refractivity contribution in [2.45, 2.75) is 45.6 Å². The molecule has 1 amide bonds. The van der Waals surface area contributed by atoms with Crippen LogP contribution in [0.3, 0.4) is 0 Å². The van der Waals surface area contributed by atoms with E-state index in [0.717, 1.165) is 48.3 Å². The number of thiophene rings is 1. The molecule has 0 unspecified atom stereocenters. The molecular formula is C29H31N3O3S. The van der Waals surface area contributed by atoms with Gasteiger partial charge >= 0.3 is 5.97 Å². The zero-order valence-electron chi connectivity index (χ0n) is 20.4. The molecule has 0 aliphatic heterocycles. The van der Waals surface area contributed by atoms with Gasteiger partial charge in [-0.2, -0.15) is 5.10 Å². The molecule has 1 saturated carbocycles. The summed E-state index contributed by atoms with van der Waals surface area (Å²) >= 11 is 1.23. The Kier molecular flexibility index (Phi) is 8.68. The van der Waals surface area contributed by atoms with E-state index in [4.69, 9.17) is 10.2 Å². The largest absolute Gasteiger partial charge is 0.477 e. The van der Waals surface area contributed by atoms with Gasteiger partial charge in [-0.1, -0.05) is 86.0 Å². The highest BCUT2D eigenvalue weighted by atomic mass is 32.1. The minimum atomic E-state index is -0.847. The van der Waals surface area contributed by atoms with Gasteiger partial charge in [-0.25, -0.2) is 4.79 Å². The van der Waals surface area contributed by atoms with Gasteiger partial charge in [0.25, 0.3) is 0 Å². The summed E-state index contributed by atoms with van der Waals surface area (Å²) in [5, 5.41) is 18.0. The van der Waals surface area contributed by atoms with Crippen molar-refractivity contribution >= 4 is 28.9 Å². The predicted octanol–water partition coefficient (Wildman–Crippen LogP) is 6.87. The molecule has 0 radical (unpaired) electrons. The van der Waals surface area contributed by atoms with Gasteiger partial charge in [-0.15, -0.1) is 11.3 Å². The fraction of sp³-hybridized carbons (Fsp3) is 0.276. The SMILES string of the molecule is Cc1nn(Cc2ccccc2)c(-c2ccccc2)c1NC(=O)C1CCCCC1.O=C(O)c1cccs1. The molecule has 0 saturated heterocycles. The Hall–Kier alpha value is -3.71. The lowest BCUT2D eigenvalue weighted by molar-refractivity contribution is -0.120. The first-order valence-electron chi connectivity index (χ1n) is 12.3. The van der Waals surface area contributed by atoms with E-state index in [0.29, 0.717) is 11.4 Å². The van der Waals surface area contributed by atoms with E-state index < -0.39 is 5.97 Å². The molecule has 5 rings (SSSR count). The van der Waals surface area contributed by atoms with Crippen molar-refractivity contribution in [1.82, 2.24) is 9.78 Å². The minimum absolute atomic E-state index is 0.120. The van der Waals surface area contributed by atoms with Crippen LogP contribution < -0.4 is 5.32 Å². The fourth-order valence-corrected chi connectivity index (χ4v) is 5.04. The number of carboxylic acid groups (broad SMARTS) is 1. The molecule has 2 heterocycles. The van der Waals surface area contributed by atoms with Crippen LogP contribution in [0.4, 0.5) is 5.69 Å². The number of nitrogens with zero attached hydrogens (tertiary/aromatic N) is 2. The third kappa shape index (κ3) is 6.49. The summed E-state index contributed by atoms with van der Waals surface area (Å²) in [6.07, 6.45) is 5.52. The van der Waals surface area contributed by atoms with E-state index in [-0.39, 0.29) is 11.8 Å². The number of amides is 1. The second-order valence-electron chi connectivity index (χ2n) is 8.92. The summed E-state index contributed by atoms with van der Waals surface area (Å²) in [5.74, 6) is -0.589. The van der Waals surface area contributed by atoms with Gasteiger partial charge in [-0.05, 0) is 36.8 Å². The van der Waals surface area contributed by atoms with Crippen molar-refractivity contribution in [1.29, 1.82) is 0 Å². The first-order chi connectivity index (χ1) is 17.5. The maximum atomic E-state index is 12.9. The second-order valence-corrected chi connectivity index (χ2v) is 9.87. The van der Waals surface area contributed by atoms with Gasteiger partial charge in [-0.3, -0.25) is 9.48 Å². The highest BCUT2D eigenvalue weighted by molar-refractivity contribution is 7.11. The van der Waals surface area contributed by atoms with Crippen molar-refractivity contribution in [2.75, 3.05) is 5.32 Å². The number of aryl methyl sites for hydroxylation is 1. The standard InChI is InChI=1S/C24H27N3O.C5H4O2S/c1-18-22(25-24(28)21-15-9-4-10-16-21)23(20-13-7-3-8-14-20)27(26-18)17-19-11-5-2-6-12-19;6-5(7)4-2-1-3-8-4/h2-3,5-8,11-14,21H,4,9-10,15-17H2,1H3,(H,25,28);1-3H,(H,6,7). The number of carboxylic acids is 1. The monoisotopic (exact) mass is 501 g/mol. The number of hydrogen-bond acceptors (Lipinski definition) is 4. The third-order valence-electron chi connectivity index (χ3n) is 6.31. The molecule has 0 spiro atoms. The summed E-state index contributed by atoms with van der Waals surface area (Å²) in [5.41, 5.74) is 4.94. The van der Waals surface area contributed by atoms with E-state index in [1.807, 2.05) is 48.0 Å². The van der Waals surface area contributed by atoms with Crippen molar-refractivity contribution in [3.8, 4) is 11.3 Å². The van der Waals surface area contributed by atoms with Gasteiger partial charge in [0.15, 0.2) is 0 Å². The lowest BCUT2D eigenvalue weighted by atomic mass is 9.88. The Balaban J connectivity index is 0.000000325. The molecule has 2 N–H and O–H groups in total. The van der Waals surface area contributed by atoms with Gasteiger partial charge in [0.05, 0.1) is 23.6 Å². The van der Waals surface area contributed by atoms with Crippen LogP contribution in [-0.2, 0) is 11.3 Å². The van der Waals surface area contributed by atoms with E-state index in [2.05, 4.69) is 29.6 Å². The molecule has 0 atom stereocenters. The number of carbonyl (C=O) groups excluding carboxylic acids is 1. The van der Waals surface area contributed by atoms with Crippen molar-refractivity contribution in [3.63, 3.8) is 0 Å². The van der Waals surface area contributed by atoms with Crippen LogP contribution >= 0.6 is 11.3 Å². The normalized spacial score (nSPS) is 13.5. The number of carbonyl (C=O) groups is 2.